The van der Waals surface area contributed by atoms with Crippen molar-refractivity contribution in [1.82, 2.24) is 10.2 Å². The molecule has 0 atom stereocenters. The van der Waals surface area contributed by atoms with E-state index in [0.29, 0.717) is 29.6 Å². The Kier molecular flexibility index (Phi) is 9.66. The summed E-state index contributed by atoms with van der Waals surface area (Å²) in [4.78, 5) is 15.5. The fourth-order valence-corrected chi connectivity index (χ4v) is 4.42. The summed E-state index contributed by atoms with van der Waals surface area (Å²) < 4.78 is 22.0. The summed E-state index contributed by atoms with van der Waals surface area (Å²) in [7, 11) is 4.73. The molecule has 2 aromatic rings. The Bertz CT molecular complexity index is 915. The van der Waals surface area contributed by atoms with Crippen molar-refractivity contribution in [2.24, 2.45) is 5.41 Å². The van der Waals surface area contributed by atoms with Gasteiger partial charge in [-0.15, -0.1) is 0 Å². The number of benzene rings is 2. The van der Waals surface area contributed by atoms with Crippen LogP contribution in [0.1, 0.15) is 45.1 Å². The lowest BCUT2D eigenvalue weighted by Crippen LogP contribution is -2.48. The van der Waals surface area contributed by atoms with Crippen LogP contribution in [0.25, 0.3) is 0 Å². The SMILES string of the molecule is COc1cc(OCCCC(C)(C)C(=O)NC2CCN(Cc3ccccc3)CC2)cc(OC)c1OC. The molecule has 7 heteroatoms. The Hall–Kier alpha value is -2.93. The molecule has 2 aromatic carbocycles. The summed E-state index contributed by atoms with van der Waals surface area (Å²) in [6.07, 6.45) is 3.46. The van der Waals surface area contributed by atoms with Crippen molar-refractivity contribution in [1.29, 1.82) is 0 Å². The first kappa shape index (κ1) is 26.7. The van der Waals surface area contributed by atoms with Crippen molar-refractivity contribution in [3.63, 3.8) is 0 Å². The summed E-state index contributed by atoms with van der Waals surface area (Å²) in [6.45, 7) is 7.48. The topological polar surface area (TPSA) is 69.3 Å². The Morgan fingerprint density at radius 2 is 1.63 bits per heavy atom. The number of ether oxygens (including phenoxy) is 4. The summed E-state index contributed by atoms with van der Waals surface area (Å²) in [5.41, 5.74) is 0.879. The highest BCUT2D eigenvalue weighted by Gasteiger charge is 2.30. The maximum absolute atomic E-state index is 13.0. The van der Waals surface area contributed by atoms with Crippen LogP contribution in [-0.4, -0.2) is 57.9 Å². The highest BCUT2D eigenvalue weighted by Crippen LogP contribution is 2.40. The minimum Gasteiger partial charge on any atom is -0.493 e. The van der Waals surface area contributed by atoms with Crippen LogP contribution in [0.3, 0.4) is 0 Å². The number of likely N-dealkylation sites (tertiary alicyclic amines) is 1. The van der Waals surface area contributed by atoms with Crippen molar-refractivity contribution < 1.29 is 23.7 Å². The molecule has 192 valence electrons. The number of hydrogen-bond acceptors (Lipinski definition) is 6. The van der Waals surface area contributed by atoms with Gasteiger partial charge in [-0.2, -0.15) is 0 Å². The van der Waals surface area contributed by atoms with E-state index < -0.39 is 5.41 Å². The van der Waals surface area contributed by atoms with Crippen LogP contribution in [0.4, 0.5) is 0 Å². The first-order chi connectivity index (χ1) is 16.9. The molecular weight excluding hydrogens is 444 g/mol. The Morgan fingerprint density at radius 1 is 1.00 bits per heavy atom. The molecule has 1 heterocycles. The third-order valence-electron chi connectivity index (χ3n) is 6.64. The van der Waals surface area contributed by atoms with Crippen LogP contribution in [0.5, 0.6) is 23.0 Å². The molecule has 0 spiro atoms. The standard InChI is InChI=1S/C28H40N2O5/c1-28(2,14-9-17-35-23-18-24(32-3)26(34-5)25(19-23)33-4)27(31)29-22-12-15-30(16-13-22)20-21-10-7-6-8-11-21/h6-8,10-11,18-19,22H,9,12-17,20H2,1-5H3,(H,29,31). The normalized spacial score (nSPS) is 14.9. The van der Waals surface area contributed by atoms with Gasteiger partial charge in [-0.05, 0) is 31.2 Å². The summed E-state index contributed by atoms with van der Waals surface area (Å²) >= 11 is 0. The molecule has 0 bridgehead atoms. The number of piperidine rings is 1. The van der Waals surface area contributed by atoms with E-state index in [9.17, 15) is 4.79 Å². The lowest BCUT2D eigenvalue weighted by atomic mass is 9.86. The average Bonchev–Trinajstić information content (AvgIpc) is 2.87. The second kappa shape index (κ2) is 12.7. The summed E-state index contributed by atoms with van der Waals surface area (Å²) in [6, 6.07) is 14.4. The number of nitrogens with one attached hydrogen (secondary N) is 1. The molecule has 0 saturated carbocycles. The minimum atomic E-state index is -0.459. The second-order valence-electron chi connectivity index (χ2n) is 9.71. The quantitative estimate of drug-likeness (QED) is 0.441. The molecule has 3 rings (SSSR count). The van der Waals surface area contributed by atoms with Gasteiger partial charge < -0.3 is 24.3 Å². The fourth-order valence-electron chi connectivity index (χ4n) is 4.42. The number of amides is 1. The van der Waals surface area contributed by atoms with Crippen LogP contribution in [0.2, 0.25) is 0 Å². The third-order valence-corrected chi connectivity index (χ3v) is 6.64. The molecule has 1 fully saturated rings. The predicted octanol–water partition coefficient (Wildman–Crippen LogP) is 4.68. The van der Waals surface area contributed by atoms with E-state index in [2.05, 4.69) is 34.5 Å². The molecule has 1 aliphatic rings. The lowest BCUT2D eigenvalue weighted by molar-refractivity contribution is -0.130. The van der Waals surface area contributed by atoms with E-state index in [1.54, 1.807) is 33.5 Å². The molecule has 35 heavy (non-hydrogen) atoms. The number of methoxy groups -OCH3 is 3. The smallest absolute Gasteiger partial charge is 0.225 e. The second-order valence-corrected chi connectivity index (χ2v) is 9.71. The molecule has 1 aliphatic heterocycles. The van der Waals surface area contributed by atoms with Crippen molar-refractivity contribution in [2.75, 3.05) is 41.0 Å². The van der Waals surface area contributed by atoms with E-state index in [1.165, 1.54) is 5.56 Å². The van der Waals surface area contributed by atoms with Gasteiger partial charge in [0.15, 0.2) is 11.5 Å². The van der Waals surface area contributed by atoms with Crippen LogP contribution in [0, 0.1) is 5.41 Å². The van der Waals surface area contributed by atoms with E-state index in [-0.39, 0.29) is 11.9 Å². The van der Waals surface area contributed by atoms with Crippen molar-refractivity contribution in [3.8, 4) is 23.0 Å². The number of carbonyl (C=O) groups is 1. The van der Waals surface area contributed by atoms with Gasteiger partial charge in [0.25, 0.3) is 0 Å². The number of carbonyl (C=O) groups excluding carboxylic acids is 1. The molecular formula is C28H40N2O5. The number of hydrogen-bond donors (Lipinski definition) is 1. The minimum absolute atomic E-state index is 0.117. The number of nitrogens with zero attached hydrogens (tertiary/aromatic N) is 1. The molecule has 0 aliphatic carbocycles. The highest BCUT2D eigenvalue weighted by molar-refractivity contribution is 5.82. The van der Waals surface area contributed by atoms with Crippen LogP contribution in [0.15, 0.2) is 42.5 Å². The van der Waals surface area contributed by atoms with Crippen molar-refractivity contribution in [3.05, 3.63) is 48.0 Å². The van der Waals surface area contributed by atoms with Gasteiger partial charge in [-0.3, -0.25) is 9.69 Å². The average molecular weight is 485 g/mol. The van der Waals surface area contributed by atoms with Crippen LogP contribution in [-0.2, 0) is 11.3 Å². The first-order valence-corrected chi connectivity index (χ1v) is 12.4. The molecule has 1 N–H and O–H groups in total. The van der Waals surface area contributed by atoms with Gasteiger partial charge in [0, 0.05) is 43.2 Å². The zero-order chi connectivity index (χ0) is 25.3. The molecule has 0 unspecified atom stereocenters. The fraction of sp³-hybridized carbons (Fsp3) is 0.536. The molecule has 1 saturated heterocycles. The van der Waals surface area contributed by atoms with Gasteiger partial charge in [-0.1, -0.05) is 44.2 Å². The molecule has 0 aromatic heterocycles. The lowest BCUT2D eigenvalue weighted by Gasteiger charge is -2.34. The van der Waals surface area contributed by atoms with Crippen molar-refractivity contribution in [2.45, 2.75) is 52.1 Å². The van der Waals surface area contributed by atoms with Crippen LogP contribution >= 0.6 is 0 Å². The molecule has 7 nitrogen and oxygen atoms in total. The highest BCUT2D eigenvalue weighted by atomic mass is 16.5. The zero-order valence-electron chi connectivity index (χ0n) is 21.8. The van der Waals surface area contributed by atoms with Crippen molar-refractivity contribution >= 4 is 5.91 Å². The molecule has 0 radical (unpaired) electrons. The largest absolute Gasteiger partial charge is 0.493 e. The van der Waals surface area contributed by atoms with Gasteiger partial charge >= 0.3 is 0 Å². The maximum atomic E-state index is 13.0. The first-order valence-electron chi connectivity index (χ1n) is 12.4. The Labute approximate surface area is 209 Å². The maximum Gasteiger partial charge on any atom is 0.225 e. The Morgan fingerprint density at radius 3 is 2.20 bits per heavy atom. The van der Waals surface area contributed by atoms with Gasteiger partial charge in [0.05, 0.1) is 27.9 Å². The van der Waals surface area contributed by atoms with E-state index in [0.717, 1.165) is 45.3 Å². The number of rotatable bonds is 12. The third kappa shape index (κ3) is 7.52. The van der Waals surface area contributed by atoms with E-state index in [4.69, 9.17) is 18.9 Å². The monoisotopic (exact) mass is 484 g/mol. The van der Waals surface area contributed by atoms with E-state index in [1.807, 2.05) is 19.9 Å². The molecule has 1 amide bonds. The zero-order valence-corrected chi connectivity index (χ0v) is 21.8. The van der Waals surface area contributed by atoms with E-state index >= 15 is 0 Å². The van der Waals surface area contributed by atoms with Gasteiger partial charge in [0.2, 0.25) is 11.7 Å². The van der Waals surface area contributed by atoms with Crippen LogP contribution < -0.4 is 24.3 Å². The predicted molar refractivity (Wildman–Crippen MR) is 137 cm³/mol. The Balaban J connectivity index is 1.41. The van der Waals surface area contributed by atoms with Gasteiger partial charge in [-0.25, -0.2) is 0 Å². The summed E-state index contributed by atoms with van der Waals surface area (Å²) in [5.74, 6) is 2.40. The van der Waals surface area contributed by atoms with Gasteiger partial charge in [0.1, 0.15) is 5.75 Å². The summed E-state index contributed by atoms with van der Waals surface area (Å²) in [5, 5.41) is 3.29.